The van der Waals surface area contributed by atoms with Gasteiger partial charge >= 0.3 is 23.5 Å². The van der Waals surface area contributed by atoms with E-state index < -0.39 is 70.1 Å². The first-order valence-electron chi connectivity index (χ1n) is 17.2. The van der Waals surface area contributed by atoms with E-state index in [-0.39, 0.29) is 30.1 Å². The summed E-state index contributed by atoms with van der Waals surface area (Å²) in [6.07, 6.45) is 1.23. The van der Waals surface area contributed by atoms with Crippen LogP contribution in [-0.2, 0) is 23.8 Å². The summed E-state index contributed by atoms with van der Waals surface area (Å²) in [7, 11) is 0. The zero-order chi connectivity index (χ0) is 36.3. The molecule has 7 rings (SSSR count). The van der Waals surface area contributed by atoms with Crippen molar-refractivity contribution in [3.8, 4) is 17.1 Å². The van der Waals surface area contributed by atoms with Gasteiger partial charge < -0.3 is 28.5 Å². The molecule has 0 radical (unpaired) electrons. The maximum absolute atomic E-state index is 14.1. The summed E-state index contributed by atoms with van der Waals surface area (Å²) in [5.41, 5.74) is -3.01. The van der Waals surface area contributed by atoms with Gasteiger partial charge in [-0.1, -0.05) is 44.2 Å². The number of nitrogens with zero attached hydrogens (tertiary/aromatic N) is 1. The van der Waals surface area contributed by atoms with Crippen LogP contribution in [0.5, 0.6) is 5.75 Å². The number of aliphatic hydroxyl groups is 1. The zero-order valence-corrected chi connectivity index (χ0v) is 29.2. The highest BCUT2D eigenvalue weighted by Crippen LogP contribution is 2.67. The van der Waals surface area contributed by atoms with Crippen LogP contribution in [0.1, 0.15) is 75.9 Å². The lowest BCUT2D eigenvalue weighted by atomic mass is 9.42. The smallest absolute Gasteiger partial charge is 0.345 e. The number of pyridine rings is 1. The van der Waals surface area contributed by atoms with E-state index in [4.69, 9.17) is 23.4 Å². The van der Waals surface area contributed by atoms with Gasteiger partial charge in [0.15, 0.2) is 0 Å². The minimum Gasteiger partial charge on any atom is -0.482 e. The summed E-state index contributed by atoms with van der Waals surface area (Å²) in [6, 6.07) is 18.0. The van der Waals surface area contributed by atoms with Gasteiger partial charge in [-0.3, -0.25) is 14.6 Å². The van der Waals surface area contributed by atoms with E-state index >= 15 is 0 Å². The molecule has 8 atom stereocenters. The molecular formula is C40H41NO10. The van der Waals surface area contributed by atoms with Gasteiger partial charge in [0.25, 0.3) is 0 Å². The molecule has 2 aromatic heterocycles. The lowest BCUT2D eigenvalue weighted by molar-refractivity contribution is -0.266. The topological polar surface area (TPSA) is 151 Å². The summed E-state index contributed by atoms with van der Waals surface area (Å²) in [5, 5.41) is 14.2. The predicted octanol–water partition coefficient (Wildman–Crippen LogP) is 6.20. The summed E-state index contributed by atoms with van der Waals surface area (Å²) in [5.74, 6) is -2.49. The molecule has 2 saturated carbocycles. The molecule has 1 N–H and O–H groups in total. The Morgan fingerprint density at radius 2 is 1.71 bits per heavy atom. The molecule has 0 bridgehead atoms. The Bertz CT molecular complexity index is 2080. The minimum absolute atomic E-state index is 0.0320. The third-order valence-corrected chi connectivity index (χ3v) is 11.7. The number of fused-ring (bicyclic) bond motifs is 5. The Kier molecular flexibility index (Phi) is 8.52. The number of aromatic nitrogens is 1. The number of hydrogen-bond donors (Lipinski definition) is 1. The summed E-state index contributed by atoms with van der Waals surface area (Å²) < 4.78 is 30.5. The molecule has 51 heavy (non-hydrogen) atoms. The Labute approximate surface area is 294 Å². The number of esters is 3. The van der Waals surface area contributed by atoms with Crippen molar-refractivity contribution in [2.24, 2.45) is 22.7 Å². The Morgan fingerprint density at radius 1 is 0.941 bits per heavy atom. The number of ether oxygens (including phenoxy) is 4. The maximum atomic E-state index is 14.1. The van der Waals surface area contributed by atoms with Gasteiger partial charge in [-0.2, -0.15) is 0 Å². The predicted molar refractivity (Wildman–Crippen MR) is 185 cm³/mol. The molecule has 0 amide bonds. The summed E-state index contributed by atoms with van der Waals surface area (Å²) >= 11 is 0. The van der Waals surface area contributed by atoms with Crippen molar-refractivity contribution in [2.75, 3.05) is 6.61 Å². The van der Waals surface area contributed by atoms with Gasteiger partial charge in [0, 0.05) is 49.2 Å². The number of carbonyl (C=O) groups excluding carboxylic acids is 3. The second-order valence-corrected chi connectivity index (χ2v) is 14.8. The quantitative estimate of drug-likeness (QED) is 0.181. The van der Waals surface area contributed by atoms with Crippen LogP contribution in [0.3, 0.4) is 0 Å². The molecule has 11 heteroatoms. The van der Waals surface area contributed by atoms with Crippen LogP contribution in [0.25, 0.3) is 22.1 Å². The van der Waals surface area contributed by atoms with Crippen molar-refractivity contribution in [1.29, 1.82) is 0 Å². The molecule has 1 aliphatic heterocycles. The van der Waals surface area contributed by atoms with Gasteiger partial charge in [0.05, 0.1) is 11.7 Å². The highest BCUT2D eigenvalue weighted by Gasteiger charge is 2.71. The molecule has 4 aromatic rings. The van der Waals surface area contributed by atoms with Gasteiger partial charge in [0.1, 0.15) is 41.5 Å². The van der Waals surface area contributed by atoms with E-state index in [2.05, 4.69) is 4.98 Å². The maximum Gasteiger partial charge on any atom is 0.345 e. The van der Waals surface area contributed by atoms with Crippen molar-refractivity contribution in [3.63, 3.8) is 0 Å². The standard InChI is InChI=1S/C40H41NO10/c1-22(42)47-21-39(4)30-19-32(50-36(45)26-13-12-24-9-6-7-10-25(24)17-26)40(5)35(38(30,3)15-14-31(39)48-23(2)43)34(44)33-29(51-40)18-28(49-37(33)46)27-11-8-16-41-20-27/h6-13,16-18,20,30-32,34-35,44H,14-15,19,21H2,1-5H3/t30-,31+,32+,34+,35-,38+,39+,40-/m1/s1. The first-order chi connectivity index (χ1) is 24.2. The van der Waals surface area contributed by atoms with Crippen LogP contribution in [-0.4, -0.2) is 52.4 Å². The average Bonchev–Trinajstić information content (AvgIpc) is 3.09. The zero-order valence-electron chi connectivity index (χ0n) is 29.2. The molecule has 3 heterocycles. The van der Waals surface area contributed by atoms with Crippen LogP contribution >= 0.6 is 0 Å². The second kappa shape index (κ2) is 12.6. The van der Waals surface area contributed by atoms with Gasteiger partial charge in [-0.15, -0.1) is 0 Å². The van der Waals surface area contributed by atoms with Crippen LogP contribution < -0.4 is 10.4 Å². The van der Waals surface area contributed by atoms with Crippen LogP contribution in [0.2, 0.25) is 0 Å². The first-order valence-corrected chi connectivity index (χ1v) is 17.2. The Hall–Kier alpha value is -5.03. The largest absolute Gasteiger partial charge is 0.482 e. The minimum atomic E-state index is -1.39. The number of carbonyl (C=O) groups is 3. The highest BCUT2D eigenvalue weighted by molar-refractivity contribution is 5.95. The van der Waals surface area contributed by atoms with Crippen LogP contribution in [0, 0.1) is 22.7 Å². The highest BCUT2D eigenvalue weighted by atomic mass is 16.6. The third-order valence-electron chi connectivity index (χ3n) is 11.7. The van der Waals surface area contributed by atoms with E-state index in [0.29, 0.717) is 24.0 Å². The molecule has 11 nitrogen and oxygen atoms in total. The number of hydrogen-bond acceptors (Lipinski definition) is 11. The number of aliphatic hydroxyl groups excluding tert-OH is 1. The van der Waals surface area contributed by atoms with Gasteiger partial charge in [-0.25, -0.2) is 9.59 Å². The summed E-state index contributed by atoms with van der Waals surface area (Å²) in [6.45, 7) is 8.28. The van der Waals surface area contributed by atoms with E-state index in [0.717, 1.165) is 10.8 Å². The Morgan fingerprint density at radius 3 is 2.41 bits per heavy atom. The molecule has 3 aliphatic rings. The van der Waals surface area contributed by atoms with Crippen molar-refractivity contribution in [1.82, 2.24) is 4.98 Å². The van der Waals surface area contributed by atoms with Crippen molar-refractivity contribution >= 4 is 28.7 Å². The molecule has 2 fully saturated rings. The van der Waals surface area contributed by atoms with Crippen molar-refractivity contribution in [3.05, 3.63) is 94.6 Å². The second-order valence-electron chi connectivity index (χ2n) is 14.8. The van der Waals surface area contributed by atoms with E-state index in [1.807, 2.05) is 51.1 Å². The molecular weight excluding hydrogens is 654 g/mol. The fourth-order valence-corrected chi connectivity index (χ4v) is 9.35. The molecule has 266 valence electrons. The van der Waals surface area contributed by atoms with Crippen LogP contribution in [0.4, 0.5) is 0 Å². The van der Waals surface area contributed by atoms with Gasteiger partial charge in [-0.05, 0) is 72.6 Å². The lowest BCUT2D eigenvalue weighted by Crippen LogP contribution is -2.71. The van der Waals surface area contributed by atoms with E-state index in [1.165, 1.54) is 13.8 Å². The van der Waals surface area contributed by atoms with E-state index in [9.17, 15) is 24.3 Å². The van der Waals surface area contributed by atoms with Crippen molar-refractivity contribution in [2.45, 2.75) is 77.8 Å². The molecule has 0 saturated heterocycles. The SMILES string of the molecule is CC(=O)OC[C@@]1(C)[C@@H]2C[C@H](OC(=O)c3ccc4ccccc4c3)[C@@]3(C)Oc4cc(-c5cccnc5)oc(=O)c4[C@H](O)[C@@H]3[C@@]2(C)CC[C@@H]1OC(C)=O. The molecule has 2 aliphatic carbocycles. The first kappa shape index (κ1) is 34.4. The van der Waals surface area contributed by atoms with Crippen LogP contribution in [0.15, 0.2) is 82.3 Å². The monoisotopic (exact) mass is 695 g/mol. The molecule has 0 spiro atoms. The normalized spacial score (nSPS) is 30.9. The number of rotatable bonds is 6. The fraction of sp³-hybridized carbons (Fsp3) is 0.425. The van der Waals surface area contributed by atoms with Crippen molar-refractivity contribution < 1.29 is 42.9 Å². The third kappa shape index (κ3) is 5.77. The lowest BCUT2D eigenvalue weighted by Gasteiger charge is -2.66. The molecule has 0 unspecified atom stereocenters. The summed E-state index contributed by atoms with van der Waals surface area (Å²) in [4.78, 5) is 56.5. The van der Waals surface area contributed by atoms with Gasteiger partial charge in [0.2, 0.25) is 0 Å². The average molecular weight is 696 g/mol. The fourth-order valence-electron chi connectivity index (χ4n) is 9.35. The van der Waals surface area contributed by atoms with E-state index in [1.54, 1.807) is 42.7 Å². The molecule has 2 aromatic carbocycles. The Balaban J connectivity index is 1.37. The number of benzene rings is 2.